The van der Waals surface area contributed by atoms with Crippen LogP contribution in [0.3, 0.4) is 0 Å². The minimum atomic E-state index is -4.61. The van der Waals surface area contributed by atoms with Crippen LogP contribution in [-0.4, -0.2) is 24.2 Å². The van der Waals surface area contributed by atoms with E-state index >= 15 is 0 Å². The Labute approximate surface area is 159 Å². The van der Waals surface area contributed by atoms with Crippen molar-refractivity contribution in [3.8, 4) is 11.5 Å². The van der Waals surface area contributed by atoms with Gasteiger partial charge in [0.1, 0.15) is 22.9 Å². The van der Waals surface area contributed by atoms with E-state index in [0.717, 1.165) is 6.20 Å². The van der Waals surface area contributed by atoms with Gasteiger partial charge in [-0.05, 0) is 36.4 Å². The van der Waals surface area contributed by atoms with Crippen molar-refractivity contribution < 1.29 is 22.6 Å². The number of hydrogen-bond donors (Lipinski definition) is 2. The number of methoxy groups -OCH3 is 2. The van der Waals surface area contributed by atoms with Crippen LogP contribution in [0.4, 0.5) is 36.3 Å². The summed E-state index contributed by atoms with van der Waals surface area (Å²) >= 11 is 0. The van der Waals surface area contributed by atoms with Crippen molar-refractivity contribution in [3.05, 3.63) is 60.3 Å². The molecule has 28 heavy (non-hydrogen) atoms. The third-order valence-corrected chi connectivity index (χ3v) is 3.77. The van der Waals surface area contributed by atoms with Crippen LogP contribution in [0.15, 0.2) is 54.7 Å². The molecule has 0 aliphatic carbocycles. The van der Waals surface area contributed by atoms with Gasteiger partial charge in [0.25, 0.3) is 0 Å². The molecule has 0 spiro atoms. The van der Waals surface area contributed by atoms with Gasteiger partial charge < -0.3 is 20.1 Å². The third kappa shape index (κ3) is 4.61. The van der Waals surface area contributed by atoms with Crippen LogP contribution in [0.2, 0.25) is 0 Å². The van der Waals surface area contributed by atoms with Gasteiger partial charge in [-0.15, -0.1) is 0 Å². The van der Waals surface area contributed by atoms with Crippen molar-refractivity contribution in [3.63, 3.8) is 0 Å². The molecule has 3 aromatic rings. The Morgan fingerprint density at radius 2 is 1.57 bits per heavy atom. The van der Waals surface area contributed by atoms with Crippen LogP contribution < -0.4 is 20.1 Å². The summed E-state index contributed by atoms with van der Waals surface area (Å²) in [4.78, 5) is 7.78. The predicted molar refractivity (Wildman–Crippen MR) is 99.6 cm³/mol. The van der Waals surface area contributed by atoms with Crippen molar-refractivity contribution in [1.29, 1.82) is 0 Å². The molecule has 146 valence electrons. The maximum absolute atomic E-state index is 13.4. The summed E-state index contributed by atoms with van der Waals surface area (Å²) in [5.41, 5.74) is 0.0300. The van der Waals surface area contributed by atoms with Crippen LogP contribution >= 0.6 is 0 Å². The van der Waals surface area contributed by atoms with Gasteiger partial charge in [-0.2, -0.15) is 18.2 Å². The van der Waals surface area contributed by atoms with Gasteiger partial charge in [0.05, 0.1) is 14.2 Å². The molecule has 6 nitrogen and oxygen atoms in total. The number of alkyl halides is 3. The van der Waals surface area contributed by atoms with E-state index in [1.165, 1.54) is 14.2 Å². The first-order chi connectivity index (χ1) is 13.4. The molecule has 1 heterocycles. The zero-order valence-electron chi connectivity index (χ0n) is 15.0. The lowest BCUT2D eigenvalue weighted by Crippen LogP contribution is -2.12. The van der Waals surface area contributed by atoms with Gasteiger partial charge in [-0.3, -0.25) is 0 Å². The number of aromatic nitrogens is 2. The zero-order chi connectivity index (χ0) is 20.1. The number of anilines is 4. The lowest BCUT2D eigenvalue weighted by atomic mass is 10.2. The molecular formula is C19H17F3N4O2. The molecule has 0 saturated heterocycles. The van der Waals surface area contributed by atoms with E-state index in [2.05, 4.69) is 20.6 Å². The summed E-state index contributed by atoms with van der Waals surface area (Å²) in [6, 6.07) is 13.4. The molecule has 0 radical (unpaired) electrons. The minimum absolute atomic E-state index is 0.0172. The van der Waals surface area contributed by atoms with E-state index in [0.29, 0.717) is 22.9 Å². The minimum Gasteiger partial charge on any atom is -0.497 e. The summed E-state index contributed by atoms with van der Waals surface area (Å²) in [6.07, 6.45) is -3.87. The van der Waals surface area contributed by atoms with E-state index in [4.69, 9.17) is 9.47 Å². The second-order valence-corrected chi connectivity index (χ2v) is 5.66. The molecule has 0 unspecified atom stereocenters. The summed E-state index contributed by atoms with van der Waals surface area (Å²) in [6.45, 7) is 0. The number of rotatable bonds is 6. The summed E-state index contributed by atoms with van der Waals surface area (Å²) in [5.74, 6) is 0.804. The summed E-state index contributed by atoms with van der Waals surface area (Å²) in [7, 11) is 3.01. The molecule has 0 saturated carbocycles. The van der Waals surface area contributed by atoms with Crippen LogP contribution in [0.1, 0.15) is 5.56 Å². The number of ether oxygens (including phenoxy) is 2. The SMILES string of the molecule is COc1ccc(Nc2ncc(C(F)(F)F)c(Nc3cccc(OC)c3)n2)cc1. The average molecular weight is 390 g/mol. The molecule has 0 atom stereocenters. The first kappa shape index (κ1) is 19.3. The second kappa shape index (κ2) is 8.03. The predicted octanol–water partition coefficient (Wildman–Crippen LogP) is 5.00. The first-order valence-corrected chi connectivity index (χ1v) is 8.15. The highest BCUT2D eigenvalue weighted by molar-refractivity contribution is 5.64. The van der Waals surface area contributed by atoms with E-state index in [1.807, 2.05) is 0 Å². The molecule has 3 rings (SSSR count). The molecule has 2 N–H and O–H groups in total. The van der Waals surface area contributed by atoms with Crippen molar-refractivity contribution in [2.75, 3.05) is 24.9 Å². The molecule has 9 heteroatoms. The monoisotopic (exact) mass is 390 g/mol. The van der Waals surface area contributed by atoms with Gasteiger partial charge in [0.15, 0.2) is 0 Å². The Morgan fingerprint density at radius 1 is 0.857 bits per heavy atom. The second-order valence-electron chi connectivity index (χ2n) is 5.66. The van der Waals surface area contributed by atoms with Gasteiger partial charge >= 0.3 is 6.18 Å². The highest BCUT2D eigenvalue weighted by atomic mass is 19.4. The third-order valence-electron chi connectivity index (χ3n) is 3.77. The number of hydrogen-bond acceptors (Lipinski definition) is 6. The quantitative estimate of drug-likeness (QED) is 0.617. The number of halogens is 3. The molecule has 2 aromatic carbocycles. The van der Waals surface area contributed by atoms with Gasteiger partial charge in [0, 0.05) is 23.6 Å². The molecule has 0 aliphatic heterocycles. The van der Waals surface area contributed by atoms with Crippen LogP contribution in [0.25, 0.3) is 0 Å². The van der Waals surface area contributed by atoms with E-state index < -0.39 is 11.7 Å². The van der Waals surface area contributed by atoms with E-state index in [-0.39, 0.29) is 11.8 Å². The topological polar surface area (TPSA) is 68.3 Å². The molecule has 0 bridgehead atoms. The molecule has 1 aromatic heterocycles. The van der Waals surface area contributed by atoms with E-state index in [9.17, 15) is 13.2 Å². The Kier molecular flexibility index (Phi) is 5.53. The average Bonchev–Trinajstić information content (AvgIpc) is 2.68. The standard InChI is InChI=1S/C19H17F3N4O2/c1-27-14-8-6-12(7-9-14)25-18-23-11-16(19(20,21)22)17(26-18)24-13-4-3-5-15(10-13)28-2/h3-11H,1-2H3,(H2,23,24,25,26). The van der Waals surface area contributed by atoms with Crippen molar-refractivity contribution in [2.45, 2.75) is 6.18 Å². The van der Waals surface area contributed by atoms with Crippen LogP contribution in [-0.2, 0) is 6.18 Å². The zero-order valence-corrected chi connectivity index (χ0v) is 15.0. The highest BCUT2D eigenvalue weighted by Crippen LogP contribution is 2.35. The Balaban J connectivity index is 1.91. The maximum atomic E-state index is 13.4. The maximum Gasteiger partial charge on any atom is 0.421 e. The Bertz CT molecular complexity index is 947. The molecule has 0 amide bonds. The smallest absolute Gasteiger partial charge is 0.421 e. The number of nitrogens with one attached hydrogen (secondary N) is 2. The van der Waals surface area contributed by atoms with E-state index in [1.54, 1.807) is 48.5 Å². The summed E-state index contributed by atoms with van der Waals surface area (Å²) < 4.78 is 50.2. The van der Waals surface area contributed by atoms with Gasteiger partial charge in [-0.1, -0.05) is 6.07 Å². The fourth-order valence-corrected chi connectivity index (χ4v) is 2.39. The molecular weight excluding hydrogens is 373 g/mol. The fourth-order valence-electron chi connectivity index (χ4n) is 2.39. The normalized spacial score (nSPS) is 11.0. The lowest BCUT2D eigenvalue weighted by molar-refractivity contribution is -0.137. The molecule has 0 aliphatic rings. The number of nitrogens with zero attached hydrogens (tertiary/aromatic N) is 2. The van der Waals surface area contributed by atoms with Crippen molar-refractivity contribution in [2.24, 2.45) is 0 Å². The van der Waals surface area contributed by atoms with Crippen LogP contribution in [0, 0.1) is 0 Å². The lowest BCUT2D eigenvalue weighted by Gasteiger charge is -2.15. The van der Waals surface area contributed by atoms with Gasteiger partial charge in [-0.25, -0.2) is 4.98 Å². The number of benzene rings is 2. The largest absolute Gasteiger partial charge is 0.497 e. The Morgan fingerprint density at radius 3 is 2.21 bits per heavy atom. The Hall–Kier alpha value is -3.49. The van der Waals surface area contributed by atoms with Gasteiger partial charge in [0.2, 0.25) is 5.95 Å². The summed E-state index contributed by atoms with van der Waals surface area (Å²) in [5, 5.41) is 5.56. The fraction of sp³-hybridized carbons (Fsp3) is 0.158. The van der Waals surface area contributed by atoms with Crippen LogP contribution in [0.5, 0.6) is 11.5 Å². The van der Waals surface area contributed by atoms with Crippen molar-refractivity contribution in [1.82, 2.24) is 9.97 Å². The first-order valence-electron chi connectivity index (χ1n) is 8.15. The highest BCUT2D eigenvalue weighted by Gasteiger charge is 2.35. The molecule has 0 fully saturated rings. The van der Waals surface area contributed by atoms with Crippen molar-refractivity contribution >= 4 is 23.1 Å².